The van der Waals surface area contributed by atoms with Gasteiger partial charge in [-0.15, -0.1) is 0 Å². The summed E-state index contributed by atoms with van der Waals surface area (Å²) in [5, 5.41) is 22.9. The van der Waals surface area contributed by atoms with Crippen LogP contribution >= 0.6 is 0 Å². The van der Waals surface area contributed by atoms with E-state index in [0.717, 1.165) is 12.2 Å². The van der Waals surface area contributed by atoms with Crippen LogP contribution in [0.25, 0.3) is 6.08 Å². The van der Waals surface area contributed by atoms with Gasteiger partial charge in [-0.2, -0.15) is 5.26 Å². The molecule has 1 aromatic rings. The number of hydrogen-bond donors (Lipinski definition) is 0. The molecule has 2 aliphatic heterocycles. The molecule has 0 aromatic heterocycles. The quantitative estimate of drug-likeness (QED) is 0.592. The topological polar surface area (TPSA) is 95.0 Å². The van der Waals surface area contributed by atoms with E-state index in [9.17, 15) is 10.1 Å². The van der Waals surface area contributed by atoms with Gasteiger partial charge < -0.3 is 14.5 Å². The van der Waals surface area contributed by atoms with E-state index in [1.54, 1.807) is 23.2 Å². The highest BCUT2D eigenvalue weighted by Gasteiger charge is 2.33. The minimum absolute atomic E-state index is 0.349. The number of nitriles is 1. The molecule has 26 heavy (non-hydrogen) atoms. The number of benzene rings is 1. The number of hydrogen-bond acceptors (Lipinski definition) is 4. The number of guanidine groups is 1. The number of hydrazone groups is 1. The molecule has 8 nitrogen and oxygen atoms in total. The van der Waals surface area contributed by atoms with Gasteiger partial charge in [0.2, 0.25) is 0 Å². The van der Waals surface area contributed by atoms with Gasteiger partial charge in [0.1, 0.15) is 5.10 Å². The molecule has 2 saturated heterocycles. The highest BCUT2D eigenvalue weighted by molar-refractivity contribution is 5.83. The normalized spacial score (nSPS) is 24.5. The van der Waals surface area contributed by atoms with Gasteiger partial charge in [-0.3, -0.25) is 0 Å². The fourth-order valence-corrected chi connectivity index (χ4v) is 3.23. The summed E-state index contributed by atoms with van der Waals surface area (Å²) >= 11 is 0. The van der Waals surface area contributed by atoms with Gasteiger partial charge in [0.15, 0.2) is 5.03 Å². The van der Waals surface area contributed by atoms with Gasteiger partial charge in [-0.05, 0) is 29.7 Å². The van der Waals surface area contributed by atoms with E-state index < -0.39 is 5.03 Å². The second-order valence-corrected chi connectivity index (χ2v) is 6.61. The van der Waals surface area contributed by atoms with Gasteiger partial charge in [0.05, 0.1) is 18.2 Å². The van der Waals surface area contributed by atoms with Crippen molar-refractivity contribution in [3.63, 3.8) is 0 Å². The van der Waals surface area contributed by atoms with Crippen molar-refractivity contribution < 1.29 is 9.77 Å². The van der Waals surface area contributed by atoms with Crippen LogP contribution in [0.1, 0.15) is 18.1 Å². The first-order chi connectivity index (χ1) is 12.6. The average molecular weight is 355 g/mol. The van der Waals surface area contributed by atoms with Crippen LogP contribution in [0.5, 0.6) is 0 Å². The summed E-state index contributed by atoms with van der Waals surface area (Å²) in [5.74, 6) is 1.13. The summed E-state index contributed by atoms with van der Waals surface area (Å²) in [5.41, 5.74) is 1.44. The zero-order valence-electron chi connectivity index (χ0n) is 14.6. The van der Waals surface area contributed by atoms with E-state index in [4.69, 9.17) is 10.00 Å². The van der Waals surface area contributed by atoms with Crippen molar-refractivity contribution in [3.05, 3.63) is 51.7 Å². The van der Waals surface area contributed by atoms with E-state index >= 15 is 0 Å². The number of ether oxygens (including phenoxy) is 1. The van der Waals surface area contributed by atoms with Crippen molar-refractivity contribution in [1.29, 1.82) is 5.26 Å². The van der Waals surface area contributed by atoms with Gasteiger partial charge >= 0.3 is 0 Å². The smallest absolute Gasteiger partial charge is 0.278 e. The lowest BCUT2D eigenvalue weighted by molar-refractivity contribution is -0.486. The van der Waals surface area contributed by atoms with E-state index in [-0.39, 0.29) is 0 Å². The lowest BCUT2D eigenvalue weighted by Gasteiger charge is -2.23. The maximum atomic E-state index is 11.0. The first-order valence-corrected chi connectivity index (χ1v) is 8.57. The van der Waals surface area contributed by atoms with Gasteiger partial charge in [-0.1, -0.05) is 19.1 Å². The molecule has 2 aliphatic rings. The molecule has 2 atom stereocenters. The largest absolute Gasteiger partial charge is 0.381 e. The van der Waals surface area contributed by atoms with Crippen LogP contribution in [0.4, 0.5) is 0 Å². The van der Waals surface area contributed by atoms with Crippen LogP contribution in [-0.2, 0) is 4.74 Å². The Kier molecular flexibility index (Phi) is 5.49. The molecular weight excluding hydrogens is 334 g/mol. The molecule has 2 unspecified atom stereocenters. The van der Waals surface area contributed by atoms with E-state index in [1.807, 2.05) is 23.1 Å². The predicted octanol–water partition coefficient (Wildman–Crippen LogP) is 1.98. The Morgan fingerprint density at radius 1 is 1.46 bits per heavy atom. The molecule has 136 valence electrons. The lowest BCUT2D eigenvalue weighted by atomic mass is 9.98. The highest BCUT2D eigenvalue weighted by Crippen LogP contribution is 2.23. The Balaban J connectivity index is 1.75. The fourth-order valence-electron chi connectivity index (χ4n) is 3.23. The summed E-state index contributed by atoms with van der Waals surface area (Å²) in [7, 11) is 0. The summed E-state index contributed by atoms with van der Waals surface area (Å²) in [6.07, 6.45) is 3.62. The number of nitro groups is 1. The second kappa shape index (κ2) is 7.97. The van der Waals surface area contributed by atoms with Gasteiger partial charge in [0, 0.05) is 38.4 Å². The summed E-state index contributed by atoms with van der Waals surface area (Å²) in [6.45, 7) is 5.56. The minimum Gasteiger partial charge on any atom is -0.381 e. The zero-order chi connectivity index (χ0) is 18.5. The summed E-state index contributed by atoms with van der Waals surface area (Å²) in [4.78, 5) is 14.7. The van der Waals surface area contributed by atoms with Crippen molar-refractivity contribution in [3.8, 4) is 6.07 Å². The Hall–Kier alpha value is -2.92. The van der Waals surface area contributed by atoms with Gasteiger partial charge in [0.25, 0.3) is 5.96 Å². The molecule has 0 amide bonds. The Morgan fingerprint density at radius 2 is 2.31 bits per heavy atom. The molecule has 0 aliphatic carbocycles. The SMILES string of the molecule is CC1COCC1CN1CCN(C=Cc2cccc(C#N)c2)C1=N[N+](=O)[O-]. The first kappa shape index (κ1) is 17.9. The molecular formula is C18H21N5O3. The lowest BCUT2D eigenvalue weighted by Crippen LogP contribution is -2.37. The molecule has 0 bridgehead atoms. The van der Waals surface area contributed by atoms with E-state index in [2.05, 4.69) is 18.1 Å². The molecule has 8 heteroatoms. The van der Waals surface area contributed by atoms with Crippen LogP contribution in [0, 0.1) is 33.3 Å². The van der Waals surface area contributed by atoms with Crippen molar-refractivity contribution in [2.24, 2.45) is 16.9 Å². The van der Waals surface area contributed by atoms with E-state index in [1.165, 1.54) is 0 Å². The minimum atomic E-state index is -0.653. The first-order valence-electron chi connectivity index (χ1n) is 8.57. The van der Waals surface area contributed by atoms with Crippen molar-refractivity contribution >= 4 is 12.0 Å². The van der Waals surface area contributed by atoms with Gasteiger partial charge in [-0.25, -0.2) is 10.1 Å². The highest BCUT2D eigenvalue weighted by atomic mass is 16.7. The molecule has 0 spiro atoms. The van der Waals surface area contributed by atoms with Crippen molar-refractivity contribution in [2.75, 3.05) is 32.8 Å². The number of rotatable bonds is 5. The van der Waals surface area contributed by atoms with Crippen LogP contribution in [-0.4, -0.2) is 53.6 Å². The zero-order valence-corrected chi connectivity index (χ0v) is 14.6. The van der Waals surface area contributed by atoms with Crippen LogP contribution in [0.15, 0.2) is 35.6 Å². The molecule has 0 N–H and O–H groups in total. The van der Waals surface area contributed by atoms with Crippen LogP contribution in [0.2, 0.25) is 0 Å². The molecule has 1 aromatic carbocycles. The van der Waals surface area contributed by atoms with E-state index in [0.29, 0.717) is 49.6 Å². The molecule has 2 heterocycles. The Morgan fingerprint density at radius 3 is 3.00 bits per heavy atom. The maximum Gasteiger partial charge on any atom is 0.278 e. The average Bonchev–Trinajstić information content (AvgIpc) is 3.20. The Labute approximate surface area is 152 Å². The predicted molar refractivity (Wildman–Crippen MR) is 96.4 cm³/mol. The van der Waals surface area contributed by atoms with Crippen molar-refractivity contribution in [2.45, 2.75) is 6.92 Å². The third-order valence-corrected chi connectivity index (χ3v) is 4.76. The van der Waals surface area contributed by atoms with Crippen LogP contribution in [0.3, 0.4) is 0 Å². The molecule has 0 radical (unpaired) electrons. The molecule has 0 saturated carbocycles. The maximum absolute atomic E-state index is 11.0. The molecule has 3 rings (SSSR count). The van der Waals surface area contributed by atoms with Crippen LogP contribution < -0.4 is 0 Å². The fraction of sp³-hybridized carbons (Fsp3) is 0.444. The Bertz CT molecular complexity index is 770. The summed E-state index contributed by atoms with van der Waals surface area (Å²) in [6, 6.07) is 9.30. The van der Waals surface area contributed by atoms with Crippen molar-refractivity contribution in [1.82, 2.24) is 9.80 Å². The summed E-state index contributed by atoms with van der Waals surface area (Å²) < 4.78 is 5.50. The standard InChI is InChI=1S/C18H21N5O3/c1-14-12-26-13-17(14)11-22-8-7-21(18(22)20-23(24)25)6-5-15-3-2-4-16(9-15)10-19/h2-6,9,14,17H,7-8,11-13H2,1H3. The molecule has 2 fully saturated rings. The third kappa shape index (κ3) is 4.18. The monoisotopic (exact) mass is 355 g/mol. The number of nitrogens with zero attached hydrogens (tertiary/aromatic N) is 5. The second-order valence-electron chi connectivity index (χ2n) is 6.61. The third-order valence-electron chi connectivity index (χ3n) is 4.76.